The Kier molecular flexibility index (Phi) is 2.31. The van der Waals surface area contributed by atoms with Gasteiger partial charge in [0, 0.05) is 24.4 Å². The molecule has 0 spiro atoms. The molecule has 0 amide bonds. The minimum absolute atomic E-state index is 0.142. The van der Waals surface area contributed by atoms with Gasteiger partial charge >= 0.3 is 0 Å². The third-order valence-corrected chi connectivity index (χ3v) is 8.22. The molecule has 5 fully saturated rings. The van der Waals surface area contributed by atoms with Gasteiger partial charge in [0.25, 0.3) is 0 Å². The van der Waals surface area contributed by atoms with Crippen molar-refractivity contribution in [1.82, 2.24) is 4.90 Å². The second-order valence-corrected chi connectivity index (χ2v) is 8.68. The van der Waals surface area contributed by atoms with Crippen molar-refractivity contribution in [3.8, 4) is 0 Å². The number of carbonyl (C=O) groups excluding carboxylic acids is 1. The van der Waals surface area contributed by atoms with Gasteiger partial charge in [-0.2, -0.15) is 0 Å². The molecule has 5 aliphatic carbocycles. The average molecular weight is 311 g/mol. The third kappa shape index (κ3) is 1.35. The minimum atomic E-state index is -0.142. The van der Waals surface area contributed by atoms with Crippen LogP contribution in [0, 0.1) is 53.2 Å². The Morgan fingerprint density at radius 2 is 2.00 bits per heavy atom. The molecule has 0 saturated heterocycles. The first kappa shape index (κ1) is 13.1. The standard InChI is InChI=1S/C20H22FNO/c1-22(6-5-9-3-2-4-10(21)7-9)19-15-11-8-12-14-13(11)17(19)18(14)20(23)16(12)15/h2-4,7,11-19H,5-6,8H2,1H3/t11?,12?,13?,14?,15?,16?,17?,18?,19-/m0/s1. The molecular weight excluding hydrogens is 289 g/mol. The molecule has 0 aliphatic heterocycles. The van der Waals surface area contributed by atoms with Crippen molar-refractivity contribution in [3.05, 3.63) is 35.6 Å². The van der Waals surface area contributed by atoms with Crippen LogP contribution in [0.2, 0.25) is 0 Å². The molecule has 120 valence electrons. The van der Waals surface area contributed by atoms with E-state index >= 15 is 0 Å². The van der Waals surface area contributed by atoms with E-state index in [1.54, 1.807) is 12.1 Å². The molecular formula is C20H22FNO. The lowest BCUT2D eigenvalue weighted by Crippen LogP contribution is -2.55. The molecule has 3 heteroatoms. The van der Waals surface area contributed by atoms with E-state index in [1.807, 2.05) is 6.07 Å². The summed E-state index contributed by atoms with van der Waals surface area (Å²) < 4.78 is 13.3. The summed E-state index contributed by atoms with van der Waals surface area (Å²) in [5.74, 6) is 5.89. The Morgan fingerprint density at radius 1 is 1.13 bits per heavy atom. The number of benzene rings is 1. The lowest BCUT2D eigenvalue weighted by atomic mass is 9.58. The van der Waals surface area contributed by atoms with E-state index < -0.39 is 0 Å². The molecule has 2 bridgehead atoms. The van der Waals surface area contributed by atoms with Crippen molar-refractivity contribution in [2.24, 2.45) is 47.3 Å². The van der Waals surface area contributed by atoms with Gasteiger partial charge < -0.3 is 4.90 Å². The van der Waals surface area contributed by atoms with Crippen LogP contribution in [0.5, 0.6) is 0 Å². The van der Waals surface area contributed by atoms with Crippen LogP contribution in [0.3, 0.4) is 0 Å². The normalized spacial score (nSPS) is 50.4. The van der Waals surface area contributed by atoms with Crippen LogP contribution in [-0.2, 0) is 11.2 Å². The molecule has 0 heterocycles. The molecule has 8 unspecified atom stereocenters. The number of nitrogens with zero attached hydrogens (tertiary/aromatic N) is 1. The predicted molar refractivity (Wildman–Crippen MR) is 84.1 cm³/mol. The Hall–Kier alpha value is -1.22. The zero-order valence-corrected chi connectivity index (χ0v) is 13.4. The van der Waals surface area contributed by atoms with Gasteiger partial charge in [0.15, 0.2) is 0 Å². The molecule has 5 aliphatic rings. The Labute approximate surface area is 136 Å². The van der Waals surface area contributed by atoms with Gasteiger partial charge in [0.1, 0.15) is 11.6 Å². The highest BCUT2D eigenvalue weighted by molar-refractivity contribution is 5.91. The molecule has 0 aromatic heterocycles. The second kappa shape index (κ2) is 4.05. The summed E-state index contributed by atoms with van der Waals surface area (Å²) in [4.78, 5) is 15.1. The third-order valence-electron chi connectivity index (χ3n) is 8.22. The molecule has 0 radical (unpaired) electrons. The number of hydrogen-bond donors (Lipinski definition) is 0. The summed E-state index contributed by atoms with van der Waals surface area (Å²) in [6.07, 6.45) is 2.24. The average Bonchev–Trinajstić information content (AvgIpc) is 3.03. The summed E-state index contributed by atoms with van der Waals surface area (Å²) in [6, 6.07) is 7.59. The SMILES string of the molecule is CN(CCc1cccc(F)c1)[C@H]1C2C3CC4C2C(=O)C2C4C3C21. The number of halogens is 1. The van der Waals surface area contributed by atoms with E-state index in [1.165, 1.54) is 12.5 Å². The number of carbonyl (C=O) groups is 1. The molecule has 9 atom stereocenters. The van der Waals surface area contributed by atoms with Gasteiger partial charge in [-0.1, -0.05) is 12.1 Å². The van der Waals surface area contributed by atoms with Gasteiger partial charge in [0.05, 0.1) is 0 Å². The maximum absolute atomic E-state index is 13.3. The Balaban J connectivity index is 1.24. The number of hydrogen-bond acceptors (Lipinski definition) is 2. The summed E-state index contributed by atoms with van der Waals surface area (Å²) >= 11 is 0. The fraction of sp³-hybridized carbons (Fsp3) is 0.650. The van der Waals surface area contributed by atoms with Gasteiger partial charge in [-0.25, -0.2) is 4.39 Å². The van der Waals surface area contributed by atoms with E-state index in [0.717, 1.165) is 42.2 Å². The topological polar surface area (TPSA) is 20.3 Å². The molecule has 6 rings (SSSR count). The number of likely N-dealkylation sites (N-methyl/N-ethyl adjacent to an activating group) is 1. The molecule has 23 heavy (non-hydrogen) atoms. The monoisotopic (exact) mass is 311 g/mol. The zero-order chi connectivity index (χ0) is 15.5. The van der Waals surface area contributed by atoms with E-state index in [0.29, 0.717) is 35.5 Å². The smallest absolute Gasteiger partial charge is 0.140 e. The van der Waals surface area contributed by atoms with Crippen molar-refractivity contribution in [3.63, 3.8) is 0 Å². The zero-order valence-electron chi connectivity index (χ0n) is 13.4. The molecule has 0 N–H and O–H groups in total. The Morgan fingerprint density at radius 3 is 2.83 bits per heavy atom. The van der Waals surface area contributed by atoms with E-state index in [2.05, 4.69) is 11.9 Å². The van der Waals surface area contributed by atoms with E-state index in [4.69, 9.17) is 0 Å². The summed E-state index contributed by atoms with van der Waals surface area (Å²) in [7, 11) is 2.24. The summed E-state index contributed by atoms with van der Waals surface area (Å²) in [5.41, 5.74) is 1.08. The first-order valence-corrected chi connectivity index (χ1v) is 9.15. The fourth-order valence-electron chi connectivity index (χ4n) is 7.85. The number of ketones is 1. The lowest BCUT2D eigenvalue weighted by molar-refractivity contribution is -0.137. The van der Waals surface area contributed by atoms with Crippen LogP contribution >= 0.6 is 0 Å². The van der Waals surface area contributed by atoms with Crippen LogP contribution < -0.4 is 0 Å². The highest BCUT2D eigenvalue weighted by atomic mass is 19.1. The van der Waals surface area contributed by atoms with Gasteiger partial charge in [0.2, 0.25) is 0 Å². The molecule has 1 aromatic rings. The fourth-order valence-corrected chi connectivity index (χ4v) is 7.85. The number of rotatable bonds is 4. The first-order valence-electron chi connectivity index (χ1n) is 9.15. The van der Waals surface area contributed by atoms with Crippen molar-refractivity contribution in [2.75, 3.05) is 13.6 Å². The van der Waals surface area contributed by atoms with Crippen LogP contribution in [0.1, 0.15) is 12.0 Å². The van der Waals surface area contributed by atoms with Gasteiger partial charge in [-0.3, -0.25) is 4.79 Å². The van der Waals surface area contributed by atoms with Crippen LogP contribution in [0.15, 0.2) is 24.3 Å². The lowest BCUT2D eigenvalue weighted by Gasteiger charge is -2.48. The van der Waals surface area contributed by atoms with Crippen LogP contribution in [-0.4, -0.2) is 30.3 Å². The van der Waals surface area contributed by atoms with Crippen molar-refractivity contribution in [2.45, 2.75) is 18.9 Å². The van der Waals surface area contributed by atoms with Crippen molar-refractivity contribution >= 4 is 5.78 Å². The quantitative estimate of drug-likeness (QED) is 0.852. The van der Waals surface area contributed by atoms with E-state index in [-0.39, 0.29) is 5.82 Å². The maximum atomic E-state index is 13.3. The minimum Gasteiger partial charge on any atom is -0.302 e. The van der Waals surface area contributed by atoms with Gasteiger partial charge in [-0.05, 0) is 73.1 Å². The second-order valence-electron chi connectivity index (χ2n) is 8.68. The van der Waals surface area contributed by atoms with E-state index in [9.17, 15) is 9.18 Å². The van der Waals surface area contributed by atoms with Crippen LogP contribution in [0.4, 0.5) is 4.39 Å². The van der Waals surface area contributed by atoms with Crippen molar-refractivity contribution in [1.29, 1.82) is 0 Å². The predicted octanol–water partition coefficient (Wildman–Crippen LogP) is 2.63. The molecule has 2 nitrogen and oxygen atoms in total. The van der Waals surface area contributed by atoms with Crippen molar-refractivity contribution < 1.29 is 9.18 Å². The maximum Gasteiger partial charge on any atom is 0.140 e. The van der Waals surface area contributed by atoms with Crippen LogP contribution in [0.25, 0.3) is 0 Å². The van der Waals surface area contributed by atoms with Gasteiger partial charge in [-0.15, -0.1) is 0 Å². The molecule has 1 aromatic carbocycles. The highest BCUT2D eigenvalue weighted by Gasteiger charge is 2.83. The largest absolute Gasteiger partial charge is 0.302 e. The summed E-state index contributed by atoms with van der Waals surface area (Å²) in [6.45, 7) is 0.976. The highest BCUT2D eigenvalue weighted by Crippen LogP contribution is 2.82. The Bertz CT molecular complexity index is 717. The number of fused-ring (bicyclic) bond motifs is 2. The number of Topliss-reactive ketones (excluding diaryl/α,β-unsaturated/α-hetero) is 1. The first-order chi connectivity index (χ1) is 11.2. The summed E-state index contributed by atoms with van der Waals surface area (Å²) in [5, 5.41) is 0. The molecule has 5 saturated carbocycles.